The lowest BCUT2D eigenvalue weighted by atomic mass is 9.85. The summed E-state index contributed by atoms with van der Waals surface area (Å²) in [4.78, 5) is 2.78. The predicted molar refractivity (Wildman–Crippen MR) is 93.9 cm³/mol. The summed E-state index contributed by atoms with van der Waals surface area (Å²) in [5.74, 6) is 0.792. The lowest BCUT2D eigenvalue weighted by molar-refractivity contribution is 0.0628. The lowest BCUT2D eigenvalue weighted by Crippen LogP contribution is -2.51. The standard InChI is InChI=1S/C20H32N2/c1-16(2)13-14-21-20-12-5-6-15-22(20)19-11-7-9-17-8-3-4-10-18(17)19/h3-4,8,10,16,19-21H,5-7,9,11-15H2,1-2H3. The number of nitrogens with one attached hydrogen (secondary N) is 1. The molecule has 1 aliphatic heterocycles. The predicted octanol–water partition coefficient (Wildman–Crippen LogP) is 4.51. The monoisotopic (exact) mass is 300 g/mol. The molecule has 0 aromatic heterocycles. The minimum absolute atomic E-state index is 0.587. The maximum Gasteiger partial charge on any atom is 0.0602 e. The minimum Gasteiger partial charge on any atom is -0.302 e. The number of fused-ring (bicyclic) bond motifs is 1. The van der Waals surface area contributed by atoms with Gasteiger partial charge in [0.25, 0.3) is 0 Å². The fraction of sp³-hybridized carbons (Fsp3) is 0.700. The molecule has 2 atom stereocenters. The van der Waals surface area contributed by atoms with E-state index in [9.17, 15) is 0 Å². The first-order chi connectivity index (χ1) is 10.8. The van der Waals surface area contributed by atoms with Crippen molar-refractivity contribution in [3.05, 3.63) is 35.4 Å². The summed E-state index contributed by atoms with van der Waals surface area (Å²) in [6.45, 7) is 7.06. The Bertz CT molecular complexity index is 469. The number of likely N-dealkylation sites (tertiary alicyclic amines) is 1. The van der Waals surface area contributed by atoms with Crippen LogP contribution in [0.25, 0.3) is 0 Å². The van der Waals surface area contributed by atoms with Gasteiger partial charge in [-0.25, -0.2) is 0 Å². The topological polar surface area (TPSA) is 15.3 Å². The van der Waals surface area contributed by atoms with Crippen molar-refractivity contribution in [2.45, 2.75) is 71.0 Å². The molecule has 1 N–H and O–H groups in total. The number of piperidine rings is 1. The van der Waals surface area contributed by atoms with E-state index in [1.165, 1.54) is 51.5 Å². The van der Waals surface area contributed by atoms with Gasteiger partial charge in [0.2, 0.25) is 0 Å². The van der Waals surface area contributed by atoms with Crippen LogP contribution in [0.1, 0.15) is 69.5 Å². The fourth-order valence-electron chi connectivity index (χ4n) is 4.16. The third-order valence-electron chi connectivity index (χ3n) is 5.38. The molecule has 0 amide bonds. The summed E-state index contributed by atoms with van der Waals surface area (Å²) < 4.78 is 0. The van der Waals surface area contributed by atoms with Crippen LogP contribution >= 0.6 is 0 Å². The second-order valence-electron chi connectivity index (χ2n) is 7.49. The highest BCUT2D eigenvalue weighted by atomic mass is 15.3. The molecule has 0 radical (unpaired) electrons. The molecule has 0 spiro atoms. The molecule has 3 rings (SSSR count). The van der Waals surface area contributed by atoms with Gasteiger partial charge >= 0.3 is 0 Å². The number of nitrogens with zero attached hydrogens (tertiary/aromatic N) is 1. The van der Waals surface area contributed by atoms with E-state index in [-0.39, 0.29) is 0 Å². The number of benzene rings is 1. The smallest absolute Gasteiger partial charge is 0.0602 e. The van der Waals surface area contributed by atoms with E-state index in [4.69, 9.17) is 0 Å². The van der Waals surface area contributed by atoms with E-state index in [0.29, 0.717) is 12.2 Å². The fourth-order valence-corrected chi connectivity index (χ4v) is 4.16. The molecule has 2 aliphatic rings. The molecule has 2 unspecified atom stereocenters. The highest BCUT2D eigenvalue weighted by Crippen LogP contribution is 2.37. The van der Waals surface area contributed by atoms with Crippen molar-refractivity contribution in [2.75, 3.05) is 13.1 Å². The second kappa shape index (κ2) is 7.61. The maximum absolute atomic E-state index is 3.86. The third-order valence-corrected chi connectivity index (χ3v) is 5.38. The van der Waals surface area contributed by atoms with Gasteiger partial charge in [-0.1, -0.05) is 38.1 Å². The zero-order chi connectivity index (χ0) is 15.4. The van der Waals surface area contributed by atoms with Crippen LogP contribution in [0, 0.1) is 5.92 Å². The Morgan fingerprint density at radius 1 is 1.14 bits per heavy atom. The van der Waals surface area contributed by atoms with E-state index < -0.39 is 0 Å². The Hall–Kier alpha value is -0.860. The molecule has 1 aromatic rings. The SMILES string of the molecule is CC(C)CCNC1CCCCN1C1CCCc2ccccc21. The molecule has 1 heterocycles. The van der Waals surface area contributed by atoms with Gasteiger partial charge in [0, 0.05) is 12.6 Å². The average Bonchev–Trinajstić information content (AvgIpc) is 2.54. The normalized spacial score (nSPS) is 26.1. The van der Waals surface area contributed by atoms with Crippen molar-refractivity contribution in [2.24, 2.45) is 5.92 Å². The third kappa shape index (κ3) is 3.72. The van der Waals surface area contributed by atoms with Crippen LogP contribution in [0.2, 0.25) is 0 Å². The van der Waals surface area contributed by atoms with E-state index in [2.05, 4.69) is 48.3 Å². The molecule has 1 aromatic carbocycles. The van der Waals surface area contributed by atoms with Crippen molar-refractivity contribution in [3.8, 4) is 0 Å². The Morgan fingerprint density at radius 3 is 2.86 bits per heavy atom. The molecule has 122 valence electrons. The molecule has 0 saturated carbocycles. The van der Waals surface area contributed by atoms with Gasteiger partial charge in [-0.05, 0) is 68.5 Å². The molecule has 22 heavy (non-hydrogen) atoms. The summed E-state index contributed by atoms with van der Waals surface area (Å²) >= 11 is 0. The van der Waals surface area contributed by atoms with Crippen LogP contribution in [-0.4, -0.2) is 24.2 Å². The lowest BCUT2D eigenvalue weighted by Gasteiger charge is -2.44. The van der Waals surface area contributed by atoms with Gasteiger partial charge < -0.3 is 5.32 Å². The number of hydrogen-bond acceptors (Lipinski definition) is 2. The molecular weight excluding hydrogens is 268 g/mol. The van der Waals surface area contributed by atoms with Gasteiger partial charge in [-0.3, -0.25) is 4.90 Å². The van der Waals surface area contributed by atoms with Crippen LogP contribution < -0.4 is 5.32 Å². The van der Waals surface area contributed by atoms with Crippen LogP contribution in [-0.2, 0) is 6.42 Å². The largest absolute Gasteiger partial charge is 0.302 e. The van der Waals surface area contributed by atoms with Crippen molar-refractivity contribution >= 4 is 0 Å². The van der Waals surface area contributed by atoms with Crippen LogP contribution in [0.3, 0.4) is 0 Å². The van der Waals surface area contributed by atoms with Gasteiger partial charge in [0.05, 0.1) is 6.17 Å². The number of aryl methyl sites for hydroxylation is 1. The number of hydrogen-bond donors (Lipinski definition) is 1. The summed E-state index contributed by atoms with van der Waals surface area (Å²) in [5.41, 5.74) is 3.19. The Balaban J connectivity index is 1.71. The van der Waals surface area contributed by atoms with Crippen LogP contribution in [0.15, 0.2) is 24.3 Å². The van der Waals surface area contributed by atoms with Gasteiger partial charge in [0.1, 0.15) is 0 Å². The van der Waals surface area contributed by atoms with Crippen LogP contribution in [0.5, 0.6) is 0 Å². The summed E-state index contributed by atoms with van der Waals surface area (Å²) in [6.07, 6.45) is 9.87. The number of rotatable bonds is 5. The first-order valence-corrected chi connectivity index (χ1v) is 9.32. The zero-order valence-electron chi connectivity index (χ0n) is 14.4. The van der Waals surface area contributed by atoms with E-state index in [0.717, 1.165) is 12.5 Å². The van der Waals surface area contributed by atoms with Crippen molar-refractivity contribution < 1.29 is 0 Å². The first kappa shape index (κ1) is 16.0. The Kier molecular flexibility index (Phi) is 5.54. The van der Waals surface area contributed by atoms with Gasteiger partial charge in [-0.15, -0.1) is 0 Å². The van der Waals surface area contributed by atoms with E-state index >= 15 is 0 Å². The highest BCUT2D eigenvalue weighted by molar-refractivity contribution is 5.32. The van der Waals surface area contributed by atoms with Crippen LogP contribution in [0.4, 0.5) is 0 Å². The summed E-state index contributed by atoms with van der Waals surface area (Å²) in [7, 11) is 0. The van der Waals surface area contributed by atoms with Crippen molar-refractivity contribution in [1.29, 1.82) is 0 Å². The molecule has 1 aliphatic carbocycles. The average molecular weight is 300 g/mol. The molecule has 2 nitrogen and oxygen atoms in total. The van der Waals surface area contributed by atoms with Gasteiger partial charge in [0.15, 0.2) is 0 Å². The molecule has 2 heteroatoms. The van der Waals surface area contributed by atoms with Gasteiger partial charge in [-0.2, -0.15) is 0 Å². The first-order valence-electron chi connectivity index (χ1n) is 9.32. The zero-order valence-corrected chi connectivity index (χ0v) is 14.4. The summed E-state index contributed by atoms with van der Waals surface area (Å²) in [5, 5.41) is 3.86. The Morgan fingerprint density at radius 2 is 2.00 bits per heavy atom. The van der Waals surface area contributed by atoms with E-state index in [1.54, 1.807) is 11.1 Å². The Labute approximate surface area is 136 Å². The molecule has 1 saturated heterocycles. The van der Waals surface area contributed by atoms with Crippen molar-refractivity contribution in [3.63, 3.8) is 0 Å². The van der Waals surface area contributed by atoms with E-state index in [1.807, 2.05) is 0 Å². The highest BCUT2D eigenvalue weighted by Gasteiger charge is 2.31. The second-order valence-corrected chi connectivity index (χ2v) is 7.49. The molecule has 1 fully saturated rings. The maximum atomic E-state index is 3.86. The minimum atomic E-state index is 0.587. The molecular formula is C20H32N2. The molecule has 0 bridgehead atoms. The summed E-state index contributed by atoms with van der Waals surface area (Å²) in [6, 6.07) is 9.78. The van der Waals surface area contributed by atoms with Crippen molar-refractivity contribution in [1.82, 2.24) is 10.2 Å². The quantitative estimate of drug-likeness (QED) is 0.860.